The molecule has 0 bridgehead atoms. The first-order valence-electron chi connectivity index (χ1n) is 6.29. The van der Waals surface area contributed by atoms with Crippen LogP contribution in [0.15, 0.2) is 18.2 Å². The summed E-state index contributed by atoms with van der Waals surface area (Å²) in [5.74, 6) is 0. The van der Waals surface area contributed by atoms with E-state index in [-0.39, 0.29) is 10.8 Å². The summed E-state index contributed by atoms with van der Waals surface area (Å²) in [7, 11) is 0. The van der Waals surface area contributed by atoms with Gasteiger partial charge in [-0.25, -0.2) is 0 Å². The number of rotatable bonds is 2. The van der Waals surface area contributed by atoms with Crippen LogP contribution in [0.5, 0.6) is 0 Å². The highest BCUT2D eigenvalue weighted by Gasteiger charge is 2.34. The Morgan fingerprint density at radius 1 is 0.938 bits per heavy atom. The number of benzene rings is 1. The molecule has 0 saturated heterocycles. The molecular weight excluding hydrogens is 192 g/mol. The van der Waals surface area contributed by atoms with Gasteiger partial charge in [0.1, 0.15) is 0 Å². The molecule has 0 saturated carbocycles. The predicted octanol–water partition coefficient (Wildman–Crippen LogP) is 4.88. The molecule has 90 valence electrons. The Morgan fingerprint density at radius 3 is 1.94 bits per heavy atom. The lowest BCUT2D eigenvalue weighted by Crippen LogP contribution is -2.34. The van der Waals surface area contributed by atoms with Crippen LogP contribution in [-0.2, 0) is 11.8 Å². The summed E-state index contributed by atoms with van der Waals surface area (Å²) < 4.78 is 0. The molecule has 0 unspecified atom stereocenters. The molecule has 0 aliphatic rings. The molecule has 1 aromatic rings. The van der Waals surface area contributed by atoms with Crippen molar-refractivity contribution in [1.82, 2.24) is 0 Å². The molecule has 0 spiro atoms. The van der Waals surface area contributed by atoms with Crippen LogP contribution in [0.25, 0.3) is 0 Å². The van der Waals surface area contributed by atoms with Crippen molar-refractivity contribution in [2.24, 2.45) is 5.41 Å². The molecule has 0 aliphatic carbocycles. The lowest BCUT2D eigenvalue weighted by molar-refractivity contribution is 0.225. The number of hydrogen-bond acceptors (Lipinski definition) is 0. The molecule has 0 aromatic heterocycles. The van der Waals surface area contributed by atoms with Gasteiger partial charge in [0.25, 0.3) is 0 Å². The van der Waals surface area contributed by atoms with Crippen molar-refractivity contribution in [1.29, 1.82) is 0 Å². The first-order valence-corrected chi connectivity index (χ1v) is 6.29. The van der Waals surface area contributed by atoms with Gasteiger partial charge in [-0.1, -0.05) is 65.3 Å². The molecular formula is C16H26. The molecule has 0 N–H and O–H groups in total. The van der Waals surface area contributed by atoms with Gasteiger partial charge < -0.3 is 0 Å². The highest BCUT2D eigenvalue weighted by molar-refractivity contribution is 5.35. The quantitative estimate of drug-likeness (QED) is 0.663. The maximum Gasteiger partial charge on any atom is -0.00549 e. The zero-order valence-corrected chi connectivity index (χ0v) is 11.9. The van der Waals surface area contributed by atoms with Crippen molar-refractivity contribution in [2.45, 2.75) is 60.3 Å². The molecule has 1 aromatic carbocycles. The molecule has 0 atom stereocenters. The second-order valence-electron chi connectivity index (χ2n) is 6.44. The van der Waals surface area contributed by atoms with E-state index in [1.807, 2.05) is 0 Å². The van der Waals surface area contributed by atoms with E-state index in [2.05, 4.69) is 66.7 Å². The smallest absolute Gasteiger partial charge is 0.00549 e. The van der Waals surface area contributed by atoms with Crippen LogP contribution in [-0.4, -0.2) is 0 Å². The van der Waals surface area contributed by atoms with Gasteiger partial charge in [-0.15, -0.1) is 0 Å². The van der Waals surface area contributed by atoms with Crippen molar-refractivity contribution in [3.05, 3.63) is 34.9 Å². The third-order valence-electron chi connectivity index (χ3n) is 4.14. The monoisotopic (exact) mass is 218 g/mol. The number of hydrogen-bond donors (Lipinski definition) is 0. The summed E-state index contributed by atoms with van der Waals surface area (Å²) in [4.78, 5) is 0. The van der Waals surface area contributed by atoms with E-state index >= 15 is 0 Å². The minimum atomic E-state index is 0.211. The van der Waals surface area contributed by atoms with Gasteiger partial charge in [0, 0.05) is 0 Å². The van der Waals surface area contributed by atoms with Crippen LogP contribution in [0, 0.1) is 12.3 Å². The van der Waals surface area contributed by atoms with Gasteiger partial charge in [0.2, 0.25) is 0 Å². The summed E-state index contributed by atoms with van der Waals surface area (Å²) in [5, 5.41) is 0. The summed E-state index contributed by atoms with van der Waals surface area (Å²) in [6, 6.07) is 7.00. The molecule has 0 fully saturated rings. The van der Waals surface area contributed by atoms with Crippen LogP contribution < -0.4 is 0 Å². The fraction of sp³-hybridized carbons (Fsp3) is 0.625. The molecule has 0 amide bonds. The zero-order chi connectivity index (χ0) is 12.6. The van der Waals surface area contributed by atoms with Crippen LogP contribution in [0.4, 0.5) is 0 Å². The first-order chi connectivity index (χ1) is 7.18. The Morgan fingerprint density at radius 2 is 1.50 bits per heavy atom. The van der Waals surface area contributed by atoms with Gasteiger partial charge in [0.05, 0.1) is 0 Å². The maximum absolute atomic E-state index is 2.37. The largest absolute Gasteiger partial charge is 0.0613 e. The molecule has 0 heteroatoms. The van der Waals surface area contributed by atoms with E-state index in [0.29, 0.717) is 0 Å². The third-order valence-corrected chi connectivity index (χ3v) is 4.14. The lowest BCUT2D eigenvalue weighted by Gasteiger charge is -2.40. The zero-order valence-electron chi connectivity index (χ0n) is 11.9. The minimum absolute atomic E-state index is 0.211. The van der Waals surface area contributed by atoms with E-state index in [1.165, 1.54) is 16.7 Å². The van der Waals surface area contributed by atoms with Crippen molar-refractivity contribution in [3.63, 3.8) is 0 Å². The summed E-state index contributed by atoms with van der Waals surface area (Å²) in [6.45, 7) is 16.1. The Kier molecular flexibility index (Phi) is 3.52. The van der Waals surface area contributed by atoms with Gasteiger partial charge >= 0.3 is 0 Å². The number of aryl methyl sites for hydroxylation is 2. The van der Waals surface area contributed by atoms with Gasteiger partial charge in [-0.2, -0.15) is 0 Å². The van der Waals surface area contributed by atoms with E-state index in [4.69, 9.17) is 0 Å². The Bertz CT molecular complexity index is 364. The Hall–Kier alpha value is -0.780. The molecule has 1 rings (SSSR count). The molecule has 0 radical (unpaired) electrons. The average molecular weight is 218 g/mol. The van der Waals surface area contributed by atoms with Crippen LogP contribution in [0.2, 0.25) is 0 Å². The highest BCUT2D eigenvalue weighted by Crippen LogP contribution is 2.41. The molecule has 16 heavy (non-hydrogen) atoms. The fourth-order valence-corrected chi connectivity index (χ4v) is 1.86. The second kappa shape index (κ2) is 4.24. The fourth-order valence-electron chi connectivity index (χ4n) is 1.86. The normalized spacial score (nSPS) is 12.9. The summed E-state index contributed by atoms with van der Waals surface area (Å²) in [6.07, 6.45) is 1.12. The van der Waals surface area contributed by atoms with E-state index in [0.717, 1.165) is 6.42 Å². The molecule has 0 nitrogen and oxygen atoms in total. The van der Waals surface area contributed by atoms with Crippen molar-refractivity contribution >= 4 is 0 Å². The molecule has 0 heterocycles. The van der Waals surface area contributed by atoms with E-state index in [1.54, 1.807) is 0 Å². The third kappa shape index (κ3) is 2.48. The minimum Gasteiger partial charge on any atom is -0.0613 e. The van der Waals surface area contributed by atoms with E-state index < -0.39 is 0 Å². The van der Waals surface area contributed by atoms with Gasteiger partial charge in [-0.3, -0.25) is 0 Å². The topological polar surface area (TPSA) is 0 Å². The summed E-state index contributed by atoms with van der Waals surface area (Å²) >= 11 is 0. The van der Waals surface area contributed by atoms with Crippen LogP contribution in [0.1, 0.15) is 58.2 Å². The van der Waals surface area contributed by atoms with Crippen molar-refractivity contribution in [2.75, 3.05) is 0 Å². The SMILES string of the molecule is CCc1cc(C)cc(C(C)(C)C(C)(C)C)c1. The molecule has 0 aliphatic heterocycles. The Balaban J connectivity index is 3.27. The highest BCUT2D eigenvalue weighted by atomic mass is 14.4. The summed E-state index contributed by atoms with van der Waals surface area (Å²) in [5.41, 5.74) is 4.80. The van der Waals surface area contributed by atoms with Crippen LogP contribution in [0.3, 0.4) is 0 Å². The van der Waals surface area contributed by atoms with E-state index in [9.17, 15) is 0 Å². The first kappa shape index (κ1) is 13.3. The lowest BCUT2D eigenvalue weighted by atomic mass is 9.65. The van der Waals surface area contributed by atoms with Crippen molar-refractivity contribution < 1.29 is 0 Å². The van der Waals surface area contributed by atoms with Gasteiger partial charge in [-0.05, 0) is 35.3 Å². The standard InChI is InChI=1S/C16H26/c1-8-13-9-12(2)10-14(11-13)16(6,7)15(3,4)5/h9-11H,8H2,1-7H3. The van der Waals surface area contributed by atoms with Crippen LogP contribution >= 0.6 is 0 Å². The second-order valence-corrected chi connectivity index (χ2v) is 6.44. The Labute approximate surface area is 101 Å². The maximum atomic E-state index is 2.37. The van der Waals surface area contributed by atoms with Crippen molar-refractivity contribution in [3.8, 4) is 0 Å². The average Bonchev–Trinajstić information content (AvgIpc) is 2.15. The predicted molar refractivity (Wildman–Crippen MR) is 73.0 cm³/mol. The van der Waals surface area contributed by atoms with Gasteiger partial charge in [0.15, 0.2) is 0 Å².